The van der Waals surface area contributed by atoms with E-state index in [0.29, 0.717) is 5.69 Å². The number of aromatic nitrogens is 1. The van der Waals surface area contributed by atoms with Crippen molar-refractivity contribution in [2.24, 2.45) is 0 Å². The van der Waals surface area contributed by atoms with Crippen molar-refractivity contribution in [1.29, 1.82) is 0 Å². The van der Waals surface area contributed by atoms with Crippen LogP contribution in [-0.2, 0) is 0 Å². The molecule has 1 aromatic carbocycles. The summed E-state index contributed by atoms with van der Waals surface area (Å²) < 4.78 is 13.0. The van der Waals surface area contributed by atoms with Crippen molar-refractivity contribution in [2.75, 3.05) is 5.32 Å². The zero-order valence-electron chi connectivity index (χ0n) is 10.7. The van der Waals surface area contributed by atoms with Gasteiger partial charge in [0.2, 0.25) is 0 Å². The lowest BCUT2D eigenvalue weighted by molar-refractivity contribution is 0.249. The molecule has 1 aromatic heterocycles. The van der Waals surface area contributed by atoms with E-state index in [1.54, 1.807) is 18.5 Å². The largest absolute Gasteiger partial charge is 0.331 e. The molecule has 20 heavy (non-hydrogen) atoms. The van der Waals surface area contributed by atoms with E-state index in [4.69, 9.17) is 11.6 Å². The number of carbonyl (C=O) groups is 1. The number of halogens is 2. The molecule has 2 amide bonds. The maximum Gasteiger partial charge on any atom is 0.319 e. The van der Waals surface area contributed by atoms with Gasteiger partial charge in [-0.15, -0.1) is 0 Å². The van der Waals surface area contributed by atoms with Crippen LogP contribution in [0.3, 0.4) is 0 Å². The lowest BCUT2D eigenvalue weighted by Crippen LogP contribution is -2.31. The third-order valence-electron chi connectivity index (χ3n) is 2.71. The maximum absolute atomic E-state index is 13.0. The zero-order chi connectivity index (χ0) is 14.5. The molecule has 1 atom stereocenters. The summed E-state index contributed by atoms with van der Waals surface area (Å²) in [5, 5.41) is 5.30. The molecule has 4 nitrogen and oxygen atoms in total. The number of hydrogen-bond donors (Lipinski definition) is 2. The first-order valence-electron chi connectivity index (χ1n) is 5.99. The van der Waals surface area contributed by atoms with Gasteiger partial charge in [-0.2, -0.15) is 0 Å². The number of hydrogen-bond acceptors (Lipinski definition) is 2. The fourth-order valence-electron chi connectivity index (χ4n) is 1.65. The molecular weight excluding hydrogens is 281 g/mol. The standard InChI is InChI=1S/C14H13ClFN3O/c1-9(10-3-2-6-17-8-10)18-14(20)19-11-4-5-13(16)12(15)7-11/h2-9H,1H3,(H2,18,19,20)/t9-/m0/s1. The smallest absolute Gasteiger partial charge is 0.319 e. The second-order valence-electron chi connectivity index (χ2n) is 4.24. The van der Waals surface area contributed by atoms with Crippen LogP contribution in [0.5, 0.6) is 0 Å². The van der Waals surface area contributed by atoms with E-state index >= 15 is 0 Å². The first kappa shape index (κ1) is 14.3. The van der Waals surface area contributed by atoms with Gasteiger partial charge in [0.05, 0.1) is 11.1 Å². The number of nitrogens with zero attached hydrogens (tertiary/aromatic N) is 1. The van der Waals surface area contributed by atoms with Crippen LogP contribution in [-0.4, -0.2) is 11.0 Å². The zero-order valence-corrected chi connectivity index (χ0v) is 11.5. The first-order valence-corrected chi connectivity index (χ1v) is 6.36. The molecule has 0 fully saturated rings. The van der Waals surface area contributed by atoms with Crippen LogP contribution in [0.1, 0.15) is 18.5 Å². The Morgan fingerprint density at radius 3 is 2.85 bits per heavy atom. The molecule has 0 bridgehead atoms. The summed E-state index contributed by atoms with van der Waals surface area (Å²) >= 11 is 5.64. The number of pyridine rings is 1. The summed E-state index contributed by atoms with van der Waals surface area (Å²) in [6.45, 7) is 1.84. The molecule has 0 saturated carbocycles. The Bertz CT molecular complexity index is 607. The molecule has 0 unspecified atom stereocenters. The second kappa shape index (κ2) is 6.34. The molecule has 0 saturated heterocycles. The Morgan fingerprint density at radius 2 is 2.20 bits per heavy atom. The molecule has 1 heterocycles. The van der Waals surface area contributed by atoms with Crippen LogP contribution in [0.4, 0.5) is 14.9 Å². The number of anilines is 1. The highest BCUT2D eigenvalue weighted by Crippen LogP contribution is 2.19. The predicted octanol–water partition coefficient (Wildman–Crippen LogP) is 3.76. The third kappa shape index (κ3) is 3.68. The minimum Gasteiger partial charge on any atom is -0.331 e. The van der Waals surface area contributed by atoms with E-state index in [0.717, 1.165) is 5.56 Å². The van der Waals surface area contributed by atoms with Gasteiger partial charge in [-0.1, -0.05) is 17.7 Å². The average molecular weight is 294 g/mol. The molecule has 0 aliphatic rings. The first-order chi connectivity index (χ1) is 9.56. The second-order valence-corrected chi connectivity index (χ2v) is 4.64. The summed E-state index contributed by atoms with van der Waals surface area (Å²) in [6.07, 6.45) is 3.34. The van der Waals surface area contributed by atoms with Crippen molar-refractivity contribution in [3.63, 3.8) is 0 Å². The minimum atomic E-state index is -0.527. The third-order valence-corrected chi connectivity index (χ3v) is 3.00. The van der Waals surface area contributed by atoms with Gasteiger partial charge in [0.25, 0.3) is 0 Å². The van der Waals surface area contributed by atoms with Gasteiger partial charge >= 0.3 is 6.03 Å². The topological polar surface area (TPSA) is 54.0 Å². The Morgan fingerprint density at radius 1 is 1.40 bits per heavy atom. The van der Waals surface area contributed by atoms with Crippen molar-refractivity contribution in [2.45, 2.75) is 13.0 Å². The Balaban J connectivity index is 1.97. The highest BCUT2D eigenvalue weighted by molar-refractivity contribution is 6.31. The van der Waals surface area contributed by atoms with Crippen LogP contribution in [0, 0.1) is 5.82 Å². The molecule has 0 spiro atoms. The number of amides is 2. The van der Waals surface area contributed by atoms with Crippen LogP contribution in [0.25, 0.3) is 0 Å². The van der Waals surface area contributed by atoms with Crippen molar-refractivity contribution in [3.05, 3.63) is 59.1 Å². The number of benzene rings is 1. The van der Waals surface area contributed by atoms with E-state index in [2.05, 4.69) is 15.6 Å². The minimum absolute atomic E-state index is 0.0388. The normalized spacial score (nSPS) is 11.8. The van der Waals surface area contributed by atoms with Crippen LogP contribution < -0.4 is 10.6 Å². The molecule has 6 heteroatoms. The lowest BCUT2D eigenvalue weighted by Gasteiger charge is -2.14. The lowest BCUT2D eigenvalue weighted by atomic mass is 10.1. The highest BCUT2D eigenvalue weighted by Gasteiger charge is 2.10. The Labute approximate surface area is 121 Å². The number of nitrogens with one attached hydrogen (secondary N) is 2. The predicted molar refractivity (Wildman–Crippen MR) is 76.2 cm³/mol. The van der Waals surface area contributed by atoms with E-state index in [1.165, 1.54) is 18.2 Å². The van der Waals surface area contributed by atoms with Gasteiger partial charge in [0.1, 0.15) is 5.82 Å². The Hall–Kier alpha value is -2.14. The molecule has 0 aliphatic heterocycles. The molecule has 2 N–H and O–H groups in total. The summed E-state index contributed by atoms with van der Waals surface area (Å²) in [5.41, 5.74) is 1.31. The van der Waals surface area contributed by atoms with Gasteiger partial charge in [-0.05, 0) is 36.8 Å². The van der Waals surface area contributed by atoms with Gasteiger partial charge in [0, 0.05) is 18.1 Å². The van der Waals surface area contributed by atoms with Crippen molar-refractivity contribution in [1.82, 2.24) is 10.3 Å². The maximum atomic E-state index is 13.0. The van der Waals surface area contributed by atoms with Crippen LogP contribution in [0.15, 0.2) is 42.7 Å². The van der Waals surface area contributed by atoms with E-state index in [9.17, 15) is 9.18 Å². The average Bonchev–Trinajstić information content (AvgIpc) is 2.44. The van der Waals surface area contributed by atoms with Crippen LogP contribution >= 0.6 is 11.6 Å². The number of urea groups is 1. The quantitative estimate of drug-likeness (QED) is 0.905. The Kier molecular flexibility index (Phi) is 4.53. The van der Waals surface area contributed by atoms with Gasteiger partial charge in [-0.3, -0.25) is 4.98 Å². The summed E-state index contributed by atoms with van der Waals surface area (Å²) in [7, 11) is 0. The van der Waals surface area contributed by atoms with Crippen molar-refractivity contribution in [3.8, 4) is 0 Å². The summed E-state index contributed by atoms with van der Waals surface area (Å²) in [6, 6.07) is 7.06. The van der Waals surface area contributed by atoms with Crippen LogP contribution in [0.2, 0.25) is 5.02 Å². The molecular formula is C14H13ClFN3O. The van der Waals surface area contributed by atoms with E-state index in [-0.39, 0.29) is 11.1 Å². The van der Waals surface area contributed by atoms with Gasteiger partial charge in [-0.25, -0.2) is 9.18 Å². The summed E-state index contributed by atoms with van der Waals surface area (Å²) in [4.78, 5) is 15.8. The molecule has 2 aromatic rings. The highest BCUT2D eigenvalue weighted by atomic mass is 35.5. The molecule has 0 radical (unpaired) electrons. The van der Waals surface area contributed by atoms with Gasteiger partial charge in [0.15, 0.2) is 0 Å². The monoisotopic (exact) mass is 293 g/mol. The number of rotatable bonds is 3. The van der Waals surface area contributed by atoms with Crippen molar-refractivity contribution < 1.29 is 9.18 Å². The van der Waals surface area contributed by atoms with E-state index < -0.39 is 11.8 Å². The fourth-order valence-corrected chi connectivity index (χ4v) is 1.83. The summed E-state index contributed by atoms with van der Waals surface area (Å²) in [5.74, 6) is -0.527. The molecule has 2 rings (SSSR count). The van der Waals surface area contributed by atoms with Gasteiger partial charge < -0.3 is 10.6 Å². The molecule has 104 valence electrons. The number of carbonyl (C=O) groups excluding carboxylic acids is 1. The molecule has 0 aliphatic carbocycles. The SMILES string of the molecule is C[C@H](NC(=O)Nc1ccc(F)c(Cl)c1)c1cccnc1. The van der Waals surface area contributed by atoms with Crippen molar-refractivity contribution >= 4 is 23.3 Å². The van der Waals surface area contributed by atoms with E-state index in [1.807, 2.05) is 13.0 Å². The fraction of sp³-hybridized carbons (Fsp3) is 0.143.